The van der Waals surface area contributed by atoms with Gasteiger partial charge >= 0.3 is 0 Å². The molecule has 0 spiro atoms. The van der Waals surface area contributed by atoms with Gasteiger partial charge in [-0.3, -0.25) is 4.79 Å². The lowest BCUT2D eigenvalue weighted by molar-refractivity contribution is -0.128. The highest BCUT2D eigenvalue weighted by molar-refractivity contribution is 5.83. The standard InChI is InChI=1S/C19H16N6O2/c1-25-10-12-8-11(6-7-13(12)20-9-16(25)26)18-23-24-19(27-18)17-21-14-4-2-3-5-15(14)22-17/h2-8,20H,9-10H2,1H3,(H,21,22). The summed E-state index contributed by atoms with van der Waals surface area (Å²) in [6, 6.07) is 13.5. The first-order chi connectivity index (χ1) is 13.2. The molecule has 3 heterocycles. The molecular weight excluding hydrogens is 344 g/mol. The van der Waals surface area contributed by atoms with Gasteiger partial charge in [0, 0.05) is 24.8 Å². The van der Waals surface area contributed by atoms with Crippen LogP contribution in [0.2, 0.25) is 0 Å². The number of para-hydroxylation sites is 2. The summed E-state index contributed by atoms with van der Waals surface area (Å²) in [6.45, 7) is 0.819. The molecule has 0 saturated carbocycles. The summed E-state index contributed by atoms with van der Waals surface area (Å²) in [5.41, 5.74) is 4.50. The number of imidazole rings is 1. The fourth-order valence-electron chi connectivity index (χ4n) is 3.17. The van der Waals surface area contributed by atoms with Gasteiger partial charge in [-0.25, -0.2) is 4.98 Å². The van der Waals surface area contributed by atoms with Crippen LogP contribution in [0.1, 0.15) is 5.56 Å². The molecule has 0 bridgehead atoms. The van der Waals surface area contributed by atoms with E-state index in [1.807, 2.05) is 42.5 Å². The molecule has 1 amide bonds. The quantitative estimate of drug-likeness (QED) is 0.570. The summed E-state index contributed by atoms with van der Waals surface area (Å²) >= 11 is 0. The van der Waals surface area contributed by atoms with E-state index in [2.05, 4.69) is 25.5 Å². The second-order valence-corrected chi connectivity index (χ2v) is 6.49. The summed E-state index contributed by atoms with van der Waals surface area (Å²) in [5, 5.41) is 11.4. The monoisotopic (exact) mass is 360 g/mol. The van der Waals surface area contributed by atoms with Gasteiger partial charge in [0.1, 0.15) is 0 Å². The first kappa shape index (κ1) is 15.6. The van der Waals surface area contributed by atoms with Crippen molar-refractivity contribution in [3.8, 4) is 23.2 Å². The molecule has 0 fully saturated rings. The highest BCUT2D eigenvalue weighted by Gasteiger charge is 2.19. The van der Waals surface area contributed by atoms with E-state index in [4.69, 9.17) is 4.42 Å². The predicted octanol–water partition coefficient (Wildman–Crippen LogP) is 2.66. The molecule has 0 unspecified atom stereocenters. The lowest BCUT2D eigenvalue weighted by Gasteiger charge is -2.13. The van der Waals surface area contributed by atoms with Gasteiger partial charge in [-0.1, -0.05) is 12.1 Å². The van der Waals surface area contributed by atoms with E-state index in [0.29, 0.717) is 30.7 Å². The van der Waals surface area contributed by atoms with Crippen LogP contribution in [0.3, 0.4) is 0 Å². The van der Waals surface area contributed by atoms with E-state index in [1.165, 1.54) is 0 Å². The molecule has 8 nitrogen and oxygen atoms in total. The van der Waals surface area contributed by atoms with Crippen molar-refractivity contribution in [2.45, 2.75) is 6.54 Å². The van der Waals surface area contributed by atoms with Crippen molar-refractivity contribution in [1.29, 1.82) is 0 Å². The van der Waals surface area contributed by atoms with Crippen LogP contribution in [0.25, 0.3) is 34.2 Å². The van der Waals surface area contributed by atoms with Gasteiger partial charge in [-0.05, 0) is 35.9 Å². The van der Waals surface area contributed by atoms with Gasteiger partial charge in [0.25, 0.3) is 5.89 Å². The normalized spacial score (nSPS) is 14.1. The van der Waals surface area contributed by atoms with Crippen LogP contribution in [0.15, 0.2) is 46.9 Å². The van der Waals surface area contributed by atoms with Gasteiger partial charge in [-0.2, -0.15) is 0 Å². The topological polar surface area (TPSA) is 99.9 Å². The molecule has 1 aliphatic rings. The van der Waals surface area contributed by atoms with Crippen molar-refractivity contribution in [2.24, 2.45) is 0 Å². The third kappa shape index (κ3) is 2.71. The Labute approximate surface area is 154 Å². The Morgan fingerprint density at radius 2 is 1.96 bits per heavy atom. The minimum atomic E-state index is 0.0534. The number of aromatic nitrogens is 4. The predicted molar refractivity (Wildman–Crippen MR) is 99.8 cm³/mol. The smallest absolute Gasteiger partial charge is 0.284 e. The Hall–Kier alpha value is -3.68. The number of carbonyl (C=O) groups excluding carboxylic acids is 1. The molecule has 134 valence electrons. The molecule has 5 rings (SSSR count). The fraction of sp³-hybridized carbons (Fsp3) is 0.158. The highest BCUT2D eigenvalue weighted by Crippen LogP contribution is 2.28. The maximum atomic E-state index is 11.9. The van der Waals surface area contributed by atoms with Crippen LogP contribution in [-0.2, 0) is 11.3 Å². The highest BCUT2D eigenvalue weighted by atomic mass is 16.4. The first-order valence-electron chi connectivity index (χ1n) is 8.57. The van der Waals surface area contributed by atoms with Crippen molar-refractivity contribution in [1.82, 2.24) is 25.1 Å². The average molecular weight is 360 g/mol. The van der Waals surface area contributed by atoms with E-state index in [0.717, 1.165) is 27.8 Å². The zero-order valence-corrected chi connectivity index (χ0v) is 14.6. The van der Waals surface area contributed by atoms with E-state index in [9.17, 15) is 4.79 Å². The molecule has 0 radical (unpaired) electrons. The second-order valence-electron chi connectivity index (χ2n) is 6.49. The van der Waals surface area contributed by atoms with Crippen molar-refractivity contribution < 1.29 is 9.21 Å². The minimum absolute atomic E-state index is 0.0534. The zero-order valence-electron chi connectivity index (χ0n) is 14.6. The fourth-order valence-corrected chi connectivity index (χ4v) is 3.17. The van der Waals surface area contributed by atoms with Gasteiger partial charge in [0.2, 0.25) is 11.8 Å². The third-order valence-corrected chi connectivity index (χ3v) is 4.63. The maximum Gasteiger partial charge on any atom is 0.284 e. The summed E-state index contributed by atoms with van der Waals surface area (Å²) in [6.07, 6.45) is 0. The average Bonchev–Trinajstić information content (AvgIpc) is 3.30. The van der Waals surface area contributed by atoms with Crippen LogP contribution in [-0.4, -0.2) is 44.6 Å². The number of anilines is 1. The summed E-state index contributed by atoms with van der Waals surface area (Å²) in [7, 11) is 1.79. The lowest BCUT2D eigenvalue weighted by Crippen LogP contribution is -2.28. The molecule has 2 aromatic carbocycles. The molecule has 8 heteroatoms. The number of amides is 1. The molecule has 27 heavy (non-hydrogen) atoms. The summed E-state index contributed by atoms with van der Waals surface area (Å²) in [4.78, 5) is 21.2. The SMILES string of the molecule is CN1Cc2cc(-c3nnc(-c4nc5ccccc5[nH]4)o3)ccc2NCC1=O. The van der Waals surface area contributed by atoms with Crippen LogP contribution in [0.5, 0.6) is 0 Å². The van der Waals surface area contributed by atoms with Crippen molar-refractivity contribution >= 4 is 22.6 Å². The van der Waals surface area contributed by atoms with Crippen molar-refractivity contribution in [3.05, 3.63) is 48.0 Å². The summed E-state index contributed by atoms with van der Waals surface area (Å²) < 4.78 is 5.84. The Bertz CT molecular complexity index is 1130. The Morgan fingerprint density at radius 1 is 1.11 bits per heavy atom. The van der Waals surface area contributed by atoms with Crippen LogP contribution >= 0.6 is 0 Å². The van der Waals surface area contributed by atoms with E-state index >= 15 is 0 Å². The van der Waals surface area contributed by atoms with Crippen LogP contribution < -0.4 is 5.32 Å². The molecule has 0 aliphatic carbocycles. The van der Waals surface area contributed by atoms with E-state index < -0.39 is 0 Å². The van der Waals surface area contributed by atoms with Crippen LogP contribution in [0, 0.1) is 0 Å². The minimum Gasteiger partial charge on any atom is -0.413 e. The number of aromatic amines is 1. The number of fused-ring (bicyclic) bond motifs is 2. The number of nitrogens with one attached hydrogen (secondary N) is 2. The number of nitrogens with zero attached hydrogens (tertiary/aromatic N) is 4. The lowest BCUT2D eigenvalue weighted by atomic mass is 10.1. The number of likely N-dealkylation sites (N-methyl/N-ethyl adjacent to an activating group) is 1. The maximum absolute atomic E-state index is 11.9. The first-order valence-corrected chi connectivity index (χ1v) is 8.57. The number of rotatable bonds is 2. The van der Waals surface area contributed by atoms with Crippen molar-refractivity contribution in [3.63, 3.8) is 0 Å². The van der Waals surface area contributed by atoms with Crippen molar-refractivity contribution in [2.75, 3.05) is 18.9 Å². The molecule has 1 aliphatic heterocycles. The Kier molecular flexibility index (Phi) is 3.43. The number of H-pyrrole nitrogens is 1. The largest absolute Gasteiger partial charge is 0.413 e. The van der Waals surface area contributed by atoms with Gasteiger partial charge < -0.3 is 19.6 Å². The Morgan fingerprint density at radius 3 is 2.85 bits per heavy atom. The molecule has 4 aromatic rings. The Balaban J connectivity index is 1.49. The van der Waals surface area contributed by atoms with Gasteiger partial charge in [-0.15, -0.1) is 10.2 Å². The molecular formula is C19H16N6O2. The molecule has 2 N–H and O–H groups in total. The molecule has 0 atom stereocenters. The van der Waals surface area contributed by atoms with E-state index in [1.54, 1.807) is 11.9 Å². The zero-order chi connectivity index (χ0) is 18.4. The molecule has 0 saturated heterocycles. The van der Waals surface area contributed by atoms with Gasteiger partial charge in [0.15, 0.2) is 5.82 Å². The van der Waals surface area contributed by atoms with Crippen LogP contribution in [0.4, 0.5) is 5.69 Å². The van der Waals surface area contributed by atoms with E-state index in [-0.39, 0.29) is 5.91 Å². The van der Waals surface area contributed by atoms with Gasteiger partial charge in [0.05, 0.1) is 17.6 Å². The number of hydrogen-bond donors (Lipinski definition) is 2. The summed E-state index contributed by atoms with van der Waals surface area (Å²) in [5.74, 6) is 1.34. The number of carbonyl (C=O) groups is 1. The number of hydrogen-bond acceptors (Lipinski definition) is 6. The second kappa shape index (κ2) is 5.94. The number of benzene rings is 2. The molecule has 2 aromatic heterocycles. The third-order valence-electron chi connectivity index (χ3n) is 4.63.